The molecule has 0 aliphatic heterocycles. The van der Waals surface area contributed by atoms with Crippen molar-refractivity contribution in [2.24, 2.45) is 5.73 Å². The molecular formula is C8H8Cl2F2N2. The van der Waals surface area contributed by atoms with Gasteiger partial charge in [0.2, 0.25) is 6.43 Å². The van der Waals surface area contributed by atoms with Crippen molar-refractivity contribution in [3.05, 3.63) is 28.0 Å². The van der Waals surface area contributed by atoms with Gasteiger partial charge in [-0.2, -0.15) is 0 Å². The lowest BCUT2D eigenvalue weighted by Gasteiger charge is -2.14. The van der Waals surface area contributed by atoms with E-state index in [1.165, 1.54) is 12.1 Å². The summed E-state index contributed by atoms with van der Waals surface area (Å²) < 4.78 is 24.9. The highest BCUT2D eigenvalue weighted by molar-refractivity contribution is 6.32. The summed E-state index contributed by atoms with van der Waals surface area (Å²) in [5.41, 5.74) is 5.53. The number of hydrogen-bond acceptors (Lipinski definition) is 2. The van der Waals surface area contributed by atoms with Gasteiger partial charge in [0, 0.05) is 6.54 Å². The lowest BCUT2D eigenvalue weighted by atomic mass is 10.0. The number of rotatable bonds is 3. The smallest absolute Gasteiger partial charge is 0.246 e. The molecule has 1 aromatic rings. The highest BCUT2D eigenvalue weighted by atomic mass is 35.5. The largest absolute Gasteiger partial charge is 0.330 e. The summed E-state index contributed by atoms with van der Waals surface area (Å²) in [6.45, 7) is -0.158. The van der Waals surface area contributed by atoms with Crippen LogP contribution < -0.4 is 5.73 Å². The monoisotopic (exact) mass is 240 g/mol. The molecule has 0 saturated carbocycles. The summed E-state index contributed by atoms with van der Waals surface area (Å²) in [5, 5.41) is 0.179. The quantitative estimate of drug-likeness (QED) is 0.826. The maximum absolute atomic E-state index is 12.5. The molecule has 14 heavy (non-hydrogen) atoms. The van der Waals surface area contributed by atoms with E-state index in [9.17, 15) is 8.78 Å². The lowest BCUT2D eigenvalue weighted by molar-refractivity contribution is 0.117. The molecule has 0 saturated heterocycles. The summed E-state index contributed by atoms with van der Waals surface area (Å²) in [7, 11) is 0. The maximum atomic E-state index is 12.5. The highest BCUT2D eigenvalue weighted by Crippen LogP contribution is 2.26. The van der Waals surface area contributed by atoms with E-state index >= 15 is 0 Å². The van der Waals surface area contributed by atoms with Crippen molar-refractivity contribution in [1.29, 1.82) is 0 Å². The first-order valence-corrected chi connectivity index (χ1v) is 4.61. The average Bonchev–Trinajstić information content (AvgIpc) is 2.02. The van der Waals surface area contributed by atoms with Crippen LogP contribution in [0.2, 0.25) is 10.3 Å². The lowest BCUT2D eigenvalue weighted by Crippen LogP contribution is -2.19. The van der Waals surface area contributed by atoms with Gasteiger partial charge in [0.25, 0.3) is 0 Å². The third kappa shape index (κ3) is 2.77. The zero-order valence-electron chi connectivity index (χ0n) is 7.05. The third-order valence-electron chi connectivity index (χ3n) is 1.77. The van der Waals surface area contributed by atoms with Crippen molar-refractivity contribution in [2.45, 2.75) is 12.3 Å². The molecule has 0 bridgehead atoms. The van der Waals surface area contributed by atoms with Gasteiger partial charge < -0.3 is 5.73 Å². The van der Waals surface area contributed by atoms with Crippen LogP contribution in [0.4, 0.5) is 8.78 Å². The van der Waals surface area contributed by atoms with Crippen molar-refractivity contribution >= 4 is 23.2 Å². The number of nitrogens with zero attached hydrogens (tertiary/aromatic N) is 1. The van der Waals surface area contributed by atoms with Crippen molar-refractivity contribution in [1.82, 2.24) is 4.98 Å². The Morgan fingerprint density at radius 2 is 1.79 bits per heavy atom. The Labute approximate surface area is 90.0 Å². The summed E-state index contributed by atoms with van der Waals surface area (Å²) in [6, 6.07) is 2.69. The van der Waals surface area contributed by atoms with Crippen molar-refractivity contribution in [2.75, 3.05) is 6.54 Å². The summed E-state index contributed by atoms with van der Waals surface area (Å²) >= 11 is 11.1. The zero-order valence-corrected chi connectivity index (χ0v) is 8.56. The maximum Gasteiger partial charge on any atom is 0.246 e. The Morgan fingerprint density at radius 1 is 1.29 bits per heavy atom. The molecule has 78 valence electrons. The number of nitrogens with two attached hydrogens (primary N) is 1. The van der Waals surface area contributed by atoms with Gasteiger partial charge in [-0.3, -0.25) is 0 Å². The fourth-order valence-corrected chi connectivity index (χ4v) is 1.56. The molecule has 0 aliphatic rings. The molecule has 0 radical (unpaired) electrons. The Morgan fingerprint density at radius 3 is 2.14 bits per heavy atom. The molecule has 0 spiro atoms. The van der Waals surface area contributed by atoms with Gasteiger partial charge in [-0.05, 0) is 17.7 Å². The Balaban J connectivity index is 3.04. The van der Waals surface area contributed by atoms with Gasteiger partial charge in [0.05, 0.1) is 5.92 Å². The Kier molecular flexibility index (Phi) is 4.04. The molecule has 0 aliphatic carbocycles. The highest BCUT2D eigenvalue weighted by Gasteiger charge is 2.21. The second-order valence-corrected chi connectivity index (χ2v) is 3.50. The van der Waals surface area contributed by atoms with Crippen LogP contribution in [0.25, 0.3) is 0 Å². The van der Waals surface area contributed by atoms with Crippen LogP contribution in [0, 0.1) is 0 Å². The van der Waals surface area contributed by atoms with E-state index in [1.807, 2.05) is 0 Å². The normalized spacial score (nSPS) is 13.3. The third-order valence-corrected chi connectivity index (χ3v) is 2.16. The van der Waals surface area contributed by atoms with Crippen molar-refractivity contribution in [3.8, 4) is 0 Å². The van der Waals surface area contributed by atoms with E-state index < -0.39 is 12.3 Å². The van der Waals surface area contributed by atoms with Crippen LogP contribution in [0.5, 0.6) is 0 Å². The van der Waals surface area contributed by atoms with Crippen LogP contribution in [-0.4, -0.2) is 18.0 Å². The van der Waals surface area contributed by atoms with E-state index in [-0.39, 0.29) is 16.9 Å². The Hall–Kier alpha value is -0.450. The summed E-state index contributed by atoms with van der Waals surface area (Å²) in [6.07, 6.45) is -2.53. The summed E-state index contributed by atoms with van der Waals surface area (Å²) in [5.74, 6) is -1.05. The molecule has 1 unspecified atom stereocenters. The van der Waals surface area contributed by atoms with Crippen LogP contribution in [0.15, 0.2) is 12.1 Å². The van der Waals surface area contributed by atoms with Gasteiger partial charge in [-0.15, -0.1) is 0 Å². The SMILES string of the molecule is NCC(c1cc(Cl)nc(Cl)c1)C(F)F. The first-order chi connectivity index (χ1) is 6.54. The van der Waals surface area contributed by atoms with Gasteiger partial charge in [0.15, 0.2) is 0 Å². The van der Waals surface area contributed by atoms with Gasteiger partial charge >= 0.3 is 0 Å². The van der Waals surface area contributed by atoms with Gasteiger partial charge in [0.1, 0.15) is 10.3 Å². The minimum absolute atomic E-state index is 0.0894. The minimum atomic E-state index is -2.53. The fourth-order valence-electron chi connectivity index (χ4n) is 1.08. The van der Waals surface area contributed by atoms with Crippen LogP contribution in [-0.2, 0) is 0 Å². The molecule has 0 fully saturated rings. The molecule has 6 heteroatoms. The number of pyridine rings is 1. The van der Waals surface area contributed by atoms with E-state index in [0.29, 0.717) is 5.56 Å². The van der Waals surface area contributed by atoms with E-state index in [2.05, 4.69) is 4.98 Å². The molecule has 1 atom stereocenters. The van der Waals surface area contributed by atoms with E-state index in [0.717, 1.165) is 0 Å². The van der Waals surface area contributed by atoms with Gasteiger partial charge in [-0.1, -0.05) is 23.2 Å². The Bertz CT molecular complexity index is 300. The average molecular weight is 241 g/mol. The molecule has 0 amide bonds. The van der Waals surface area contributed by atoms with Crippen molar-refractivity contribution in [3.63, 3.8) is 0 Å². The predicted molar refractivity (Wildman–Crippen MR) is 52.1 cm³/mol. The number of alkyl halides is 2. The topological polar surface area (TPSA) is 38.9 Å². The number of halogens is 4. The summed E-state index contributed by atoms with van der Waals surface area (Å²) in [4.78, 5) is 3.66. The molecule has 1 rings (SSSR count). The first kappa shape index (κ1) is 11.6. The second-order valence-electron chi connectivity index (χ2n) is 2.72. The molecule has 2 nitrogen and oxygen atoms in total. The molecule has 1 heterocycles. The minimum Gasteiger partial charge on any atom is -0.330 e. The van der Waals surface area contributed by atoms with Crippen LogP contribution in [0.1, 0.15) is 11.5 Å². The first-order valence-electron chi connectivity index (χ1n) is 3.85. The fraction of sp³-hybridized carbons (Fsp3) is 0.375. The van der Waals surface area contributed by atoms with Crippen LogP contribution >= 0.6 is 23.2 Å². The van der Waals surface area contributed by atoms with E-state index in [4.69, 9.17) is 28.9 Å². The molecule has 2 N–H and O–H groups in total. The number of aromatic nitrogens is 1. The van der Waals surface area contributed by atoms with Gasteiger partial charge in [-0.25, -0.2) is 13.8 Å². The molecule has 1 aromatic heterocycles. The van der Waals surface area contributed by atoms with E-state index in [1.54, 1.807) is 0 Å². The van der Waals surface area contributed by atoms with Crippen LogP contribution in [0.3, 0.4) is 0 Å². The molecule has 0 aromatic carbocycles. The standard InChI is InChI=1S/C8H8Cl2F2N2/c9-6-1-4(2-7(10)14-6)5(3-13)8(11)12/h1-2,5,8H,3,13H2. The predicted octanol–water partition coefficient (Wildman–Crippen LogP) is 2.70. The zero-order chi connectivity index (χ0) is 10.7. The molecular weight excluding hydrogens is 233 g/mol. The second kappa shape index (κ2) is 4.87. The number of hydrogen-bond donors (Lipinski definition) is 1. The van der Waals surface area contributed by atoms with Crippen molar-refractivity contribution < 1.29 is 8.78 Å².